The largest absolute Gasteiger partial charge is 0.481 e. The molecule has 2 N–H and O–H groups in total. The Bertz CT molecular complexity index is 920. The van der Waals surface area contributed by atoms with Crippen LogP contribution in [0.25, 0.3) is 0 Å². The van der Waals surface area contributed by atoms with Gasteiger partial charge in [0.1, 0.15) is 0 Å². The minimum absolute atomic E-state index is 0.0669. The van der Waals surface area contributed by atoms with Gasteiger partial charge in [-0.15, -0.1) is 6.42 Å². The van der Waals surface area contributed by atoms with Gasteiger partial charge in [0.2, 0.25) is 11.9 Å². The number of terminal acetylenes is 1. The van der Waals surface area contributed by atoms with Gasteiger partial charge >= 0.3 is 5.97 Å². The smallest absolute Gasteiger partial charge is 0.305 e. The summed E-state index contributed by atoms with van der Waals surface area (Å²) in [6.45, 7) is 3.42. The lowest BCUT2D eigenvalue weighted by molar-refractivity contribution is -0.138. The summed E-state index contributed by atoms with van der Waals surface area (Å²) in [5.41, 5.74) is 0.987. The minimum atomic E-state index is -0.922. The highest BCUT2D eigenvalue weighted by atomic mass is 16.5. The van der Waals surface area contributed by atoms with Crippen molar-refractivity contribution in [1.82, 2.24) is 25.3 Å². The van der Waals surface area contributed by atoms with Gasteiger partial charge in [-0.2, -0.15) is 0 Å². The quantitative estimate of drug-likeness (QED) is 0.411. The molecular weight excluding hydrogens is 402 g/mol. The van der Waals surface area contributed by atoms with Crippen molar-refractivity contribution in [1.29, 1.82) is 0 Å². The predicted molar refractivity (Wildman–Crippen MR) is 112 cm³/mol. The summed E-state index contributed by atoms with van der Waals surface area (Å²) in [5.74, 6) is 2.45. The van der Waals surface area contributed by atoms with Crippen molar-refractivity contribution in [3.63, 3.8) is 0 Å². The van der Waals surface area contributed by atoms with Crippen LogP contribution in [0.2, 0.25) is 0 Å². The Labute approximate surface area is 179 Å². The molecule has 0 unspecified atom stereocenters. The van der Waals surface area contributed by atoms with Crippen LogP contribution < -0.4 is 15.1 Å². The van der Waals surface area contributed by atoms with Crippen molar-refractivity contribution in [2.75, 3.05) is 55.7 Å². The van der Waals surface area contributed by atoms with Gasteiger partial charge in [0.15, 0.2) is 0 Å². The van der Waals surface area contributed by atoms with Gasteiger partial charge in [-0.05, 0) is 0 Å². The lowest BCUT2D eigenvalue weighted by Crippen LogP contribution is -2.47. The molecule has 0 radical (unpaired) electrons. The number of rotatable bonds is 9. The first kappa shape index (κ1) is 21.9. The number of amides is 1. The molecule has 31 heavy (non-hydrogen) atoms. The second kappa shape index (κ2) is 10.8. The average Bonchev–Trinajstić information content (AvgIpc) is 2.81. The predicted octanol–water partition coefficient (Wildman–Crippen LogP) is -0.204. The van der Waals surface area contributed by atoms with Crippen LogP contribution in [0.5, 0.6) is 0 Å². The highest BCUT2D eigenvalue weighted by molar-refractivity contribution is 5.93. The molecule has 2 aromatic heterocycles. The van der Waals surface area contributed by atoms with Gasteiger partial charge in [-0.3, -0.25) is 9.59 Å². The highest BCUT2D eigenvalue weighted by Gasteiger charge is 2.21. The highest BCUT2D eigenvalue weighted by Crippen LogP contribution is 2.14. The van der Waals surface area contributed by atoms with Crippen molar-refractivity contribution in [2.24, 2.45) is 0 Å². The lowest BCUT2D eigenvalue weighted by atomic mass is 10.3. The fourth-order valence-electron chi connectivity index (χ4n) is 2.87. The van der Waals surface area contributed by atoms with E-state index >= 15 is 0 Å². The molecule has 1 saturated heterocycles. The number of hydrogen-bond donors (Lipinski definition) is 2. The average molecular weight is 425 g/mol. The Morgan fingerprint density at radius 2 is 1.55 bits per heavy atom. The van der Waals surface area contributed by atoms with E-state index in [1.165, 1.54) is 12.4 Å². The Morgan fingerprint density at radius 1 is 1.00 bits per heavy atom. The van der Waals surface area contributed by atoms with E-state index in [4.69, 9.17) is 16.3 Å². The number of piperazine rings is 1. The van der Waals surface area contributed by atoms with Crippen molar-refractivity contribution in [3.8, 4) is 12.3 Å². The number of aliphatic carboxylic acids is 1. The number of ether oxygens (including phenoxy) is 1. The van der Waals surface area contributed by atoms with Crippen molar-refractivity contribution >= 4 is 23.8 Å². The molecule has 11 heteroatoms. The van der Waals surface area contributed by atoms with Gasteiger partial charge in [0, 0.05) is 57.5 Å². The number of nitrogens with one attached hydrogen (secondary N) is 1. The summed E-state index contributed by atoms with van der Waals surface area (Å²) < 4.78 is 5.13. The van der Waals surface area contributed by atoms with Crippen molar-refractivity contribution in [3.05, 3.63) is 35.9 Å². The Kier molecular flexibility index (Phi) is 7.67. The molecule has 1 fully saturated rings. The fourth-order valence-corrected chi connectivity index (χ4v) is 2.87. The Morgan fingerprint density at radius 3 is 2.06 bits per heavy atom. The van der Waals surface area contributed by atoms with Crippen LogP contribution in [-0.2, 0) is 9.53 Å². The van der Waals surface area contributed by atoms with E-state index in [9.17, 15) is 9.59 Å². The number of carbonyl (C=O) groups is 2. The first-order valence-electron chi connectivity index (χ1n) is 9.75. The van der Waals surface area contributed by atoms with Gasteiger partial charge in [0.25, 0.3) is 5.91 Å². The third-order valence-corrected chi connectivity index (χ3v) is 4.54. The maximum absolute atomic E-state index is 12.1. The fraction of sp³-hybridized carbons (Fsp3) is 0.400. The molecular formula is C20H23N7O4. The second-order valence-electron chi connectivity index (χ2n) is 6.67. The SMILES string of the molecule is C#Cc1cnc(N2CCN(c3ncc(C(=O)NCCOCCC(=O)O)cn3)CC2)nc1. The van der Waals surface area contributed by atoms with Crippen LogP contribution in [-0.4, -0.2) is 82.9 Å². The van der Waals surface area contributed by atoms with Crippen LogP contribution >= 0.6 is 0 Å². The molecule has 3 heterocycles. The van der Waals surface area contributed by atoms with E-state index in [-0.39, 0.29) is 32.1 Å². The van der Waals surface area contributed by atoms with E-state index in [1.807, 2.05) is 4.90 Å². The zero-order chi connectivity index (χ0) is 22.1. The third kappa shape index (κ3) is 6.35. The molecule has 0 saturated carbocycles. The van der Waals surface area contributed by atoms with E-state index in [2.05, 4.69) is 36.1 Å². The summed E-state index contributed by atoms with van der Waals surface area (Å²) in [7, 11) is 0. The summed E-state index contributed by atoms with van der Waals surface area (Å²) >= 11 is 0. The standard InChI is InChI=1S/C20H23N7O4/c1-2-15-11-22-19(23-12-15)26-5-7-27(8-6-26)20-24-13-16(14-25-20)18(30)21-4-10-31-9-3-17(28)29/h1,11-14H,3-10H2,(H,21,30)(H,28,29). The topological polar surface area (TPSA) is 134 Å². The maximum Gasteiger partial charge on any atom is 0.305 e. The zero-order valence-electron chi connectivity index (χ0n) is 16.9. The molecule has 11 nitrogen and oxygen atoms in total. The third-order valence-electron chi connectivity index (χ3n) is 4.54. The van der Waals surface area contributed by atoms with E-state index in [0.29, 0.717) is 49.2 Å². The number of carboxylic acids is 1. The first-order chi connectivity index (χ1) is 15.1. The molecule has 0 aliphatic carbocycles. The molecule has 0 bridgehead atoms. The number of carboxylic acid groups (broad SMARTS) is 1. The molecule has 1 aliphatic heterocycles. The van der Waals surface area contributed by atoms with Crippen LogP contribution in [0, 0.1) is 12.3 Å². The number of carbonyl (C=O) groups excluding carboxylic acids is 1. The van der Waals surface area contributed by atoms with Crippen molar-refractivity contribution in [2.45, 2.75) is 6.42 Å². The Balaban J connectivity index is 1.43. The van der Waals surface area contributed by atoms with Crippen LogP contribution in [0.1, 0.15) is 22.3 Å². The van der Waals surface area contributed by atoms with E-state index in [1.54, 1.807) is 12.4 Å². The van der Waals surface area contributed by atoms with Gasteiger partial charge < -0.3 is 25.0 Å². The molecule has 0 atom stereocenters. The molecule has 2 aromatic rings. The lowest BCUT2D eigenvalue weighted by Gasteiger charge is -2.34. The maximum atomic E-state index is 12.1. The molecule has 162 valence electrons. The minimum Gasteiger partial charge on any atom is -0.481 e. The summed E-state index contributed by atoms with van der Waals surface area (Å²) in [5, 5.41) is 11.2. The number of anilines is 2. The Hall–Kier alpha value is -3.78. The van der Waals surface area contributed by atoms with Gasteiger partial charge in [-0.1, -0.05) is 5.92 Å². The zero-order valence-corrected chi connectivity index (χ0v) is 16.9. The van der Waals surface area contributed by atoms with Crippen molar-refractivity contribution < 1.29 is 19.4 Å². The normalized spacial score (nSPS) is 13.5. The molecule has 0 aromatic carbocycles. The van der Waals surface area contributed by atoms with E-state index < -0.39 is 5.97 Å². The first-order valence-corrected chi connectivity index (χ1v) is 9.75. The van der Waals surface area contributed by atoms with Gasteiger partial charge in [-0.25, -0.2) is 19.9 Å². The van der Waals surface area contributed by atoms with Gasteiger partial charge in [0.05, 0.1) is 30.8 Å². The molecule has 1 amide bonds. The molecule has 0 spiro atoms. The van der Waals surface area contributed by atoms with Crippen LogP contribution in [0.3, 0.4) is 0 Å². The number of aromatic nitrogens is 4. The van der Waals surface area contributed by atoms with E-state index in [0.717, 1.165) is 0 Å². The molecule has 1 aliphatic rings. The molecule has 3 rings (SSSR count). The van der Waals surface area contributed by atoms with Crippen LogP contribution in [0.15, 0.2) is 24.8 Å². The number of hydrogen-bond acceptors (Lipinski definition) is 9. The monoisotopic (exact) mass is 425 g/mol. The summed E-state index contributed by atoms with van der Waals surface area (Å²) in [6.07, 6.45) is 11.5. The van der Waals surface area contributed by atoms with Crippen LogP contribution in [0.4, 0.5) is 11.9 Å². The number of nitrogens with zero attached hydrogens (tertiary/aromatic N) is 6. The summed E-state index contributed by atoms with van der Waals surface area (Å²) in [4.78, 5) is 43.8. The second-order valence-corrected chi connectivity index (χ2v) is 6.67. The summed E-state index contributed by atoms with van der Waals surface area (Å²) in [6, 6.07) is 0.